The lowest BCUT2D eigenvalue weighted by Crippen LogP contribution is -2.41. The van der Waals surface area contributed by atoms with Gasteiger partial charge in [0.15, 0.2) is 0 Å². The van der Waals surface area contributed by atoms with E-state index in [1.807, 2.05) is 0 Å². The van der Waals surface area contributed by atoms with Crippen LogP contribution in [0.1, 0.15) is 85.5 Å². The Morgan fingerprint density at radius 1 is 0.840 bits per heavy atom. The van der Waals surface area contributed by atoms with Gasteiger partial charge in [-0.3, -0.25) is 9.59 Å². The van der Waals surface area contributed by atoms with Crippen LogP contribution in [0.2, 0.25) is 0 Å². The molecule has 3 N–H and O–H groups in total. The first-order chi connectivity index (χ1) is 12.0. The smallest absolute Gasteiger partial charge is 0.249 e. The number of hydrogen-bond donors (Lipinski definition) is 3. The molecule has 5 heteroatoms. The summed E-state index contributed by atoms with van der Waals surface area (Å²) in [6.07, 6.45) is 7.40. The first-order valence-electron chi connectivity index (χ1n) is 10.2. The third-order valence-electron chi connectivity index (χ3n) is 4.92. The SMILES string of the molecule is CCCCC(CC)CNC(=O)CC(O)C(=O)NCC(CC)CCCC. The van der Waals surface area contributed by atoms with E-state index < -0.39 is 12.0 Å². The Kier molecular flexibility index (Phi) is 14.5. The molecule has 25 heavy (non-hydrogen) atoms. The lowest BCUT2D eigenvalue weighted by Gasteiger charge is -2.18. The molecule has 0 radical (unpaired) electrons. The second kappa shape index (κ2) is 15.2. The highest BCUT2D eigenvalue weighted by atomic mass is 16.3. The van der Waals surface area contributed by atoms with E-state index >= 15 is 0 Å². The molecule has 0 saturated heterocycles. The van der Waals surface area contributed by atoms with Crippen molar-refractivity contribution in [3.05, 3.63) is 0 Å². The molecule has 3 unspecified atom stereocenters. The van der Waals surface area contributed by atoms with Crippen molar-refractivity contribution < 1.29 is 14.7 Å². The number of aliphatic hydroxyl groups excluding tert-OH is 1. The number of hydrogen-bond acceptors (Lipinski definition) is 3. The molecule has 0 fully saturated rings. The maximum Gasteiger partial charge on any atom is 0.249 e. The highest BCUT2D eigenvalue weighted by Crippen LogP contribution is 2.12. The zero-order valence-corrected chi connectivity index (χ0v) is 16.8. The number of carbonyl (C=O) groups excluding carboxylic acids is 2. The summed E-state index contributed by atoms with van der Waals surface area (Å²) in [6, 6.07) is 0. The average molecular weight is 357 g/mol. The van der Waals surface area contributed by atoms with E-state index in [2.05, 4.69) is 38.3 Å². The maximum absolute atomic E-state index is 12.0. The van der Waals surface area contributed by atoms with Gasteiger partial charge in [0.05, 0.1) is 6.42 Å². The van der Waals surface area contributed by atoms with E-state index in [1.54, 1.807) is 0 Å². The van der Waals surface area contributed by atoms with E-state index in [0.29, 0.717) is 24.9 Å². The van der Waals surface area contributed by atoms with Crippen molar-refractivity contribution in [2.45, 2.75) is 91.6 Å². The van der Waals surface area contributed by atoms with Gasteiger partial charge in [-0.05, 0) is 24.7 Å². The van der Waals surface area contributed by atoms with Crippen molar-refractivity contribution in [2.75, 3.05) is 13.1 Å². The van der Waals surface area contributed by atoms with Crippen molar-refractivity contribution >= 4 is 11.8 Å². The summed E-state index contributed by atoms with van der Waals surface area (Å²) < 4.78 is 0. The topological polar surface area (TPSA) is 78.4 Å². The van der Waals surface area contributed by atoms with Gasteiger partial charge in [0.25, 0.3) is 0 Å². The highest BCUT2D eigenvalue weighted by Gasteiger charge is 2.20. The van der Waals surface area contributed by atoms with E-state index in [1.165, 1.54) is 0 Å². The Hall–Kier alpha value is -1.10. The fraction of sp³-hybridized carbons (Fsp3) is 0.900. The van der Waals surface area contributed by atoms with Crippen molar-refractivity contribution in [1.29, 1.82) is 0 Å². The van der Waals surface area contributed by atoms with Crippen molar-refractivity contribution in [1.82, 2.24) is 10.6 Å². The third kappa shape index (κ3) is 12.0. The molecule has 5 nitrogen and oxygen atoms in total. The minimum absolute atomic E-state index is 0.165. The van der Waals surface area contributed by atoms with Crippen molar-refractivity contribution in [2.24, 2.45) is 11.8 Å². The maximum atomic E-state index is 12.0. The molecule has 0 aromatic heterocycles. The van der Waals surface area contributed by atoms with Crippen LogP contribution in [0.4, 0.5) is 0 Å². The van der Waals surface area contributed by atoms with E-state index in [-0.39, 0.29) is 12.3 Å². The molecule has 0 spiro atoms. The summed E-state index contributed by atoms with van der Waals surface area (Å²) in [7, 11) is 0. The standard InChI is InChI=1S/C20H40N2O3/c1-5-9-11-16(7-3)14-21-19(24)13-18(23)20(25)22-15-17(8-4)12-10-6-2/h16-18,23H,5-15H2,1-4H3,(H,21,24)(H,22,25). The van der Waals surface area contributed by atoms with Crippen LogP contribution >= 0.6 is 0 Å². The molecule has 0 aromatic rings. The Labute approximate surface area is 154 Å². The minimum atomic E-state index is -1.26. The summed E-state index contributed by atoms with van der Waals surface area (Å²) in [5, 5.41) is 15.6. The van der Waals surface area contributed by atoms with Gasteiger partial charge in [-0.1, -0.05) is 66.2 Å². The number of amides is 2. The largest absolute Gasteiger partial charge is 0.383 e. The molecular weight excluding hydrogens is 316 g/mol. The number of rotatable bonds is 15. The van der Waals surface area contributed by atoms with Crippen molar-refractivity contribution in [3.63, 3.8) is 0 Å². The van der Waals surface area contributed by atoms with E-state index in [4.69, 9.17) is 0 Å². The van der Waals surface area contributed by atoms with Crippen LogP contribution < -0.4 is 10.6 Å². The summed E-state index contributed by atoms with van der Waals surface area (Å²) in [5.74, 6) is 0.214. The van der Waals surface area contributed by atoms with Crippen LogP contribution in [-0.2, 0) is 9.59 Å². The predicted octanol–water partition coefficient (Wildman–Crippen LogP) is 3.40. The van der Waals surface area contributed by atoms with Gasteiger partial charge in [0.2, 0.25) is 11.8 Å². The van der Waals surface area contributed by atoms with Gasteiger partial charge in [0, 0.05) is 13.1 Å². The fourth-order valence-electron chi connectivity index (χ4n) is 2.85. The van der Waals surface area contributed by atoms with E-state index in [9.17, 15) is 14.7 Å². The van der Waals surface area contributed by atoms with Crippen LogP contribution in [0.25, 0.3) is 0 Å². The monoisotopic (exact) mass is 356 g/mol. The minimum Gasteiger partial charge on any atom is -0.383 e. The summed E-state index contributed by atoms with van der Waals surface area (Å²) in [6.45, 7) is 9.74. The molecule has 3 atom stereocenters. The molecule has 0 aromatic carbocycles. The summed E-state index contributed by atoms with van der Waals surface area (Å²) >= 11 is 0. The average Bonchev–Trinajstić information content (AvgIpc) is 2.61. The zero-order valence-electron chi connectivity index (χ0n) is 16.8. The van der Waals surface area contributed by atoms with Crippen LogP contribution in [-0.4, -0.2) is 36.1 Å². The number of carbonyl (C=O) groups is 2. The van der Waals surface area contributed by atoms with Gasteiger partial charge in [0.1, 0.15) is 6.10 Å². The summed E-state index contributed by atoms with van der Waals surface area (Å²) in [4.78, 5) is 23.9. The molecule has 2 amide bonds. The number of aliphatic hydroxyl groups is 1. The fourth-order valence-corrected chi connectivity index (χ4v) is 2.85. The molecule has 0 saturated carbocycles. The Morgan fingerprint density at radius 3 is 1.76 bits per heavy atom. The Morgan fingerprint density at radius 2 is 1.32 bits per heavy atom. The van der Waals surface area contributed by atoms with Gasteiger partial charge in [-0.2, -0.15) is 0 Å². The van der Waals surface area contributed by atoms with Gasteiger partial charge in [-0.25, -0.2) is 0 Å². The Bertz CT molecular complexity index is 361. The van der Waals surface area contributed by atoms with Crippen LogP contribution in [0.15, 0.2) is 0 Å². The molecule has 148 valence electrons. The zero-order chi connectivity index (χ0) is 19.1. The van der Waals surface area contributed by atoms with E-state index in [0.717, 1.165) is 51.4 Å². The second-order valence-corrected chi connectivity index (χ2v) is 7.10. The molecule has 0 aliphatic rings. The molecular formula is C20H40N2O3. The lowest BCUT2D eigenvalue weighted by atomic mass is 9.99. The molecule has 0 aliphatic heterocycles. The van der Waals surface area contributed by atoms with Crippen LogP contribution in [0.5, 0.6) is 0 Å². The van der Waals surface area contributed by atoms with Crippen LogP contribution in [0, 0.1) is 11.8 Å². The summed E-state index contributed by atoms with van der Waals surface area (Å²) in [5.41, 5.74) is 0. The first kappa shape index (κ1) is 23.9. The number of unbranched alkanes of at least 4 members (excludes halogenated alkanes) is 2. The Balaban J connectivity index is 4.09. The molecule has 0 rings (SSSR count). The van der Waals surface area contributed by atoms with Gasteiger partial charge >= 0.3 is 0 Å². The first-order valence-corrected chi connectivity index (χ1v) is 10.2. The lowest BCUT2D eigenvalue weighted by molar-refractivity contribution is -0.134. The quantitative estimate of drug-likeness (QED) is 0.421. The number of nitrogens with one attached hydrogen (secondary N) is 2. The predicted molar refractivity (Wildman–Crippen MR) is 103 cm³/mol. The molecule has 0 heterocycles. The molecule has 0 aliphatic carbocycles. The molecule has 0 bridgehead atoms. The van der Waals surface area contributed by atoms with Gasteiger partial charge in [-0.15, -0.1) is 0 Å². The van der Waals surface area contributed by atoms with Crippen molar-refractivity contribution in [3.8, 4) is 0 Å². The highest BCUT2D eigenvalue weighted by molar-refractivity contribution is 5.87. The van der Waals surface area contributed by atoms with Crippen LogP contribution in [0.3, 0.4) is 0 Å². The van der Waals surface area contributed by atoms with Gasteiger partial charge < -0.3 is 15.7 Å². The second-order valence-electron chi connectivity index (χ2n) is 7.10. The normalized spacial score (nSPS) is 14.6. The third-order valence-corrected chi connectivity index (χ3v) is 4.92.